The number of carbonyl (C=O) groups excluding carboxylic acids is 2. The molecule has 0 bridgehead atoms. The smallest absolute Gasteiger partial charge is 0.328 e. The second kappa shape index (κ2) is 8.28. The summed E-state index contributed by atoms with van der Waals surface area (Å²) in [5, 5.41) is 2.80. The molecule has 2 aromatic rings. The van der Waals surface area contributed by atoms with Crippen molar-refractivity contribution >= 4 is 34.5 Å². The van der Waals surface area contributed by atoms with Gasteiger partial charge in [0.1, 0.15) is 6.04 Å². The van der Waals surface area contributed by atoms with E-state index in [0.29, 0.717) is 12.0 Å². The monoisotopic (exact) mass is 437 g/mol. The van der Waals surface area contributed by atoms with Crippen molar-refractivity contribution < 1.29 is 14.3 Å². The molecule has 0 heterocycles. The summed E-state index contributed by atoms with van der Waals surface area (Å²) in [4.78, 5) is 24.6. The molecule has 5 heteroatoms. The van der Waals surface area contributed by atoms with Crippen LogP contribution in [-0.2, 0) is 16.0 Å². The molecule has 0 unspecified atom stereocenters. The molecule has 1 atom stereocenters. The predicted molar refractivity (Wildman–Crippen MR) is 102 cm³/mol. The molecule has 0 aromatic heterocycles. The van der Waals surface area contributed by atoms with Gasteiger partial charge in [0.25, 0.3) is 5.91 Å². The maximum absolute atomic E-state index is 12.5. The summed E-state index contributed by atoms with van der Waals surface area (Å²) in [5.74, 6) is -0.726. The third-order valence-corrected chi connectivity index (χ3v) is 4.71. The highest BCUT2D eigenvalue weighted by atomic mass is 127. The van der Waals surface area contributed by atoms with Crippen molar-refractivity contribution in [3.8, 4) is 0 Å². The Morgan fingerprint density at radius 2 is 1.75 bits per heavy atom. The Morgan fingerprint density at radius 3 is 2.33 bits per heavy atom. The summed E-state index contributed by atoms with van der Waals surface area (Å²) in [5.41, 5.74) is 3.55. The van der Waals surface area contributed by atoms with E-state index in [-0.39, 0.29) is 5.91 Å². The molecule has 0 saturated carbocycles. The van der Waals surface area contributed by atoms with E-state index in [4.69, 9.17) is 4.74 Å². The fourth-order valence-electron chi connectivity index (χ4n) is 2.57. The predicted octanol–water partition coefficient (Wildman–Crippen LogP) is 3.42. The molecule has 4 nitrogen and oxygen atoms in total. The molecular formula is C19H20INO3. The van der Waals surface area contributed by atoms with Gasteiger partial charge in [-0.05, 0) is 60.2 Å². The number of nitrogens with one attached hydrogen (secondary N) is 1. The highest BCUT2D eigenvalue weighted by Crippen LogP contribution is 2.15. The Kier molecular flexibility index (Phi) is 6.36. The van der Waals surface area contributed by atoms with Crippen LogP contribution in [0.4, 0.5) is 0 Å². The SMILES string of the molecule is COC(=O)[C@H](Cc1ccccc1I)NC(=O)c1cc(C)cc(C)c1. The normalized spacial score (nSPS) is 11.7. The highest BCUT2D eigenvalue weighted by molar-refractivity contribution is 14.1. The van der Waals surface area contributed by atoms with Crippen LogP contribution in [0.15, 0.2) is 42.5 Å². The van der Waals surface area contributed by atoms with E-state index >= 15 is 0 Å². The van der Waals surface area contributed by atoms with Gasteiger partial charge in [-0.15, -0.1) is 0 Å². The molecule has 1 N–H and O–H groups in total. The van der Waals surface area contributed by atoms with Gasteiger partial charge in [0.05, 0.1) is 7.11 Å². The molecule has 24 heavy (non-hydrogen) atoms. The van der Waals surface area contributed by atoms with E-state index in [9.17, 15) is 9.59 Å². The molecule has 0 spiro atoms. The molecule has 0 saturated heterocycles. The van der Waals surface area contributed by atoms with E-state index in [2.05, 4.69) is 27.9 Å². The van der Waals surface area contributed by atoms with Crippen molar-refractivity contribution in [1.29, 1.82) is 0 Å². The van der Waals surface area contributed by atoms with E-state index < -0.39 is 12.0 Å². The lowest BCUT2D eigenvalue weighted by Gasteiger charge is -2.18. The number of methoxy groups -OCH3 is 1. The van der Waals surface area contributed by atoms with Crippen LogP contribution in [0.2, 0.25) is 0 Å². The zero-order valence-corrected chi connectivity index (χ0v) is 16.1. The largest absolute Gasteiger partial charge is 0.467 e. The summed E-state index contributed by atoms with van der Waals surface area (Å²) < 4.78 is 5.90. The van der Waals surface area contributed by atoms with Gasteiger partial charge >= 0.3 is 5.97 Å². The number of hydrogen-bond acceptors (Lipinski definition) is 3. The van der Waals surface area contributed by atoms with Gasteiger partial charge in [-0.1, -0.05) is 35.4 Å². The zero-order valence-electron chi connectivity index (χ0n) is 13.9. The van der Waals surface area contributed by atoms with Crippen LogP contribution in [-0.4, -0.2) is 25.0 Å². The lowest BCUT2D eigenvalue weighted by molar-refractivity contribution is -0.142. The molecule has 0 radical (unpaired) electrons. The summed E-state index contributed by atoms with van der Waals surface area (Å²) >= 11 is 2.22. The first kappa shape index (κ1) is 18.4. The average molecular weight is 437 g/mol. The second-order valence-corrected chi connectivity index (χ2v) is 6.88. The van der Waals surface area contributed by atoms with E-state index in [0.717, 1.165) is 20.3 Å². The Labute approximate surface area is 155 Å². The third-order valence-electron chi connectivity index (χ3n) is 3.66. The van der Waals surface area contributed by atoms with Gasteiger partial charge in [-0.25, -0.2) is 4.79 Å². The molecule has 2 aromatic carbocycles. The number of esters is 1. The van der Waals surface area contributed by atoms with Crippen LogP contribution in [0.5, 0.6) is 0 Å². The molecule has 2 rings (SSSR count). The van der Waals surface area contributed by atoms with E-state index in [1.165, 1.54) is 7.11 Å². The van der Waals surface area contributed by atoms with Crippen LogP contribution in [0.25, 0.3) is 0 Å². The van der Waals surface area contributed by atoms with Crippen LogP contribution in [0, 0.1) is 17.4 Å². The van der Waals surface area contributed by atoms with E-state index in [1.807, 2.05) is 56.3 Å². The van der Waals surface area contributed by atoms with Gasteiger partial charge in [0.15, 0.2) is 0 Å². The number of aryl methyl sites for hydroxylation is 2. The quantitative estimate of drug-likeness (QED) is 0.576. The fourth-order valence-corrected chi connectivity index (χ4v) is 3.17. The number of halogens is 1. The number of benzene rings is 2. The second-order valence-electron chi connectivity index (χ2n) is 5.72. The van der Waals surface area contributed by atoms with Crippen molar-refractivity contribution in [2.45, 2.75) is 26.3 Å². The Bertz CT molecular complexity index is 738. The van der Waals surface area contributed by atoms with Gasteiger partial charge < -0.3 is 10.1 Å². The maximum atomic E-state index is 12.5. The van der Waals surface area contributed by atoms with Gasteiger partial charge in [0, 0.05) is 15.6 Å². The molecule has 0 aliphatic heterocycles. The van der Waals surface area contributed by atoms with Crippen molar-refractivity contribution in [3.63, 3.8) is 0 Å². The summed E-state index contributed by atoms with van der Waals surface area (Å²) in [6.07, 6.45) is 0.391. The van der Waals surface area contributed by atoms with Crippen LogP contribution in [0.3, 0.4) is 0 Å². The standard InChI is InChI=1S/C19H20INO3/c1-12-8-13(2)10-15(9-12)18(22)21-17(19(23)24-3)11-14-6-4-5-7-16(14)20/h4-10,17H,11H2,1-3H3,(H,21,22)/t17-/m0/s1. The molecule has 0 fully saturated rings. The van der Waals surface area contributed by atoms with Crippen LogP contribution >= 0.6 is 22.6 Å². The minimum atomic E-state index is -0.723. The number of rotatable bonds is 5. The lowest BCUT2D eigenvalue weighted by Crippen LogP contribution is -2.43. The van der Waals surface area contributed by atoms with Crippen molar-refractivity contribution in [1.82, 2.24) is 5.32 Å². The van der Waals surface area contributed by atoms with E-state index in [1.54, 1.807) is 0 Å². The number of hydrogen-bond donors (Lipinski definition) is 1. The first-order valence-corrected chi connectivity index (χ1v) is 8.69. The van der Waals surface area contributed by atoms with Gasteiger partial charge in [-0.2, -0.15) is 0 Å². The number of amides is 1. The summed E-state index contributed by atoms with van der Waals surface area (Å²) in [7, 11) is 1.33. The Hall–Kier alpha value is -1.89. The first-order chi connectivity index (χ1) is 11.4. The first-order valence-electron chi connectivity index (χ1n) is 7.61. The summed E-state index contributed by atoms with van der Waals surface area (Å²) in [6, 6.07) is 12.7. The third kappa shape index (κ3) is 4.80. The fraction of sp³-hybridized carbons (Fsp3) is 0.263. The van der Waals surface area contributed by atoms with Gasteiger partial charge in [-0.3, -0.25) is 4.79 Å². The van der Waals surface area contributed by atoms with Crippen LogP contribution < -0.4 is 5.32 Å². The Morgan fingerprint density at radius 1 is 1.12 bits per heavy atom. The summed E-state index contributed by atoms with van der Waals surface area (Å²) in [6.45, 7) is 3.88. The van der Waals surface area contributed by atoms with Crippen molar-refractivity contribution in [3.05, 3.63) is 68.3 Å². The molecule has 126 valence electrons. The van der Waals surface area contributed by atoms with Gasteiger partial charge in [0.2, 0.25) is 0 Å². The van der Waals surface area contributed by atoms with Crippen molar-refractivity contribution in [2.75, 3.05) is 7.11 Å². The number of carbonyl (C=O) groups is 2. The molecular weight excluding hydrogens is 417 g/mol. The number of ether oxygens (including phenoxy) is 1. The zero-order chi connectivity index (χ0) is 17.7. The maximum Gasteiger partial charge on any atom is 0.328 e. The molecule has 0 aliphatic carbocycles. The Balaban J connectivity index is 2.21. The van der Waals surface area contributed by atoms with Crippen molar-refractivity contribution in [2.24, 2.45) is 0 Å². The average Bonchev–Trinajstić information content (AvgIpc) is 2.54. The lowest BCUT2D eigenvalue weighted by atomic mass is 10.0. The topological polar surface area (TPSA) is 55.4 Å². The minimum absolute atomic E-state index is 0.275. The molecule has 1 amide bonds. The molecule has 0 aliphatic rings. The minimum Gasteiger partial charge on any atom is -0.467 e. The highest BCUT2D eigenvalue weighted by Gasteiger charge is 2.23. The van der Waals surface area contributed by atoms with Crippen LogP contribution in [0.1, 0.15) is 27.0 Å².